The molecule has 0 spiro atoms. The summed E-state index contributed by atoms with van der Waals surface area (Å²) in [6.07, 6.45) is 4.11. The molecule has 24 heavy (non-hydrogen) atoms. The first-order chi connectivity index (χ1) is 11.6. The SMILES string of the molecule is C/C=C(\C)c1cc(-c2ccccc2)cn1-c1cccc(C(=O)O)c1. The van der Waals surface area contributed by atoms with Gasteiger partial charge in [0.1, 0.15) is 0 Å². The van der Waals surface area contributed by atoms with Crippen LogP contribution in [0.4, 0.5) is 0 Å². The second kappa shape index (κ2) is 6.59. The topological polar surface area (TPSA) is 42.2 Å². The predicted octanol–water partition coefficient (Wildman–Crippen LogP) is 5.27. The number of carboxylic acid groups (broad SMARTS) is 1. The Morgan fingerprint density at radius 3 is 2.42 bits per heavy atom. The number of hydrogen-bond acceptors (Lipinski definition) is 1. The highest BCUT2D eigenvalue weighted by Crippen LogP contribution is 2.29. The minimum absolute atomic E-state index is 0.284. The quantitative estimate of drug-likeness (QED) is 0.712. The van der Waals surface area contributed by atoms with E-state index in [0.29, 0.717) is 0 Å². The molecule has 0 amide bonds. The molecular weight excluding hydrogens is 298 g/mol. The number of nitrogens with zero attached hydrogens (tertiary/aromatic N) is 1. The van der Waals surface area contributed by atoms with Crippen LogP contribution in [0.3, 0.4) is 0 Å². The van der Waals surface area contributed by atoms with E-state index in [4.69, 9.17) is 0 Å². The molecule has 2 aromatic carbocycles. The lowest BCUT2D eigenvalue weighted by Crippen LogP contribution is -2.01. The highest BCUT2D eigenvalue weighted by Gasteiger charge is 2.12. The zero-order valence-corrected chi connectivity index (χ0v) is 13.7. The third-order valence-corrected chi connectivity index (χ3v) is 4.14. The van der Waals surface area contributed by atoms with Crippen molar-refractivity contribution in [3.05, 3.63) is 84.2 Å². The van der Waals surface area contributed by atoms with E-state index in [2.05, 4.69) is 37.4 Å². The second-order valence-corrected chi connectivity index (χ2v) is 5.68. The Labute approximate surface area is 141 Å². The Hall–Kier alpha value is -3.07. The zero-order valence-electron chi connectivity index (χ0n) is 13.7. The van der Waals surface area contributed by atoms with Crippen molar-refractivity contribution in [2.24, 2.45) is 0 Å². The van der Waals surface area contributed by atoms with Gasteiger partial charge < -0.3 is 9.67 Å². The van der Waals surface area contributed by atoms with E-state index in [-0.39, 0.29) is 5.56 Å². The van der Waals surface area contributed by atoms with E-state index in [0.717, 1.165) is 28.1 Å². The summed E-state index contributed by atoms with van der Waals surface area (Å²) in [5.74, 6) is -0.920. The van der Waals surface area contributed by atoms with Gasteiger partial charge in [0, 0.05) is 23.1 Å². The van der Waals surface area contributed by atoms with Crippen LogP contribution < -0.4 is 0 Å². The minimum Gasteiger partial charge on any atom is -0.478 e. The van der Waals surface area contributed by atoms with Crippen LogP contribution in [0.1, 0.15) is 29.9 Å². The van der Waals surface area contributed by atoms with E-state index in [1.165, 1.54) is 0 Å². The molecule has 3 aromatic rings. The van der Waals surface area contributed by atoms with Crippen LogP contribution in [0.2, 0.25) is 0 Å². The van der Waals surface area contributed by atoms with Gasteiger partial charge in [-0.05, 0) is 49.2 Å². The van der Waals surface area contributed by atoms with Gasteiger partial charge in [-0.3, -0.25) is 0 Å². The Morgan fingerprint density at radius 2 is 1.75 bits per heavy atom. The molecule has 0 unspecified atom stereocenters. The first kappa shape index (κ1) is 15.8. The number of aromatic carboxylic acids is 1. The molecule has 0 saturated carbocycles. The van der Waals surface area contributed by atoms with Gasteiger partial charge in [0.15, 0.2) is 0 Å². The Morgan fingerprint density at radius 1 is 1.00 bits per heavy atom. The van der Waals surface area contributed by atoms with Gasteiger partial charge in [-0.1, -0.05) is 42.5 Å². The lowest BCUT2D eigenvalue weighted by atomic mass is 10.1. The van der Waals surface area contributed by atoms with Crippen molar-refractivity contribution >= 4 is 11.5 Å². The molecule has 0 atom stereocenters. The van der Waals surface area contributed by atoms with Crippen LogP contribution >= 0.6 is 0 Å². The van der Waals surface area contributed by atoms with E-state index in [9.17, 15) is 9.90 Å². The summed E-state index contributed by atoms with van der Waals surface area (Å²) < 4.78 is 2.05. The number of carboxylic acids is 1. The van der Waals surface area contributed by atoms with Crippen molar-refractivity contribution in [2.45, 2.75) is 13.8 Å². The molecule has 1 heterocycles. The number of rotatable bonds is 4. The number of aromatic nitrogens is 1. The molecular formula is C21H19NO2. The Balaban J connectivity index is 2.18. The average molecular weight is 317 g/mol. The number of carbonyl (C=O) groups is 1. The van der Waals surface area contributed by atoms with Gasteiger partial charge in [-0.25, -0.2) is 4.79 Å². The van der Waals surface area contributed by atoms with Crippen LogP contribution in [0.5, 0.6) is 0 Å². The molecule has 120 valence electrons. The number of hydrogen-bond donors (Lipinski definition) is 1. The van der Waals surface area contributed by atoms with Crippen LogP contribution in [-0.2, 0) is 0 Å². The fourth-order valence-corrected chi connectivity index (χ4v) is 2.71. The van der Waals surface area contributed by atoms with Crippen molar-refractivity contribution < 1.29 is 9.90 Å². The maximum Gasteiger partial charge on any atom is 0.335 e. The maximum atomic E-state index is 11.3. The first-order valence-corrected chi connectivity index (χ1v) is 7.85. The highest BCUT2D eigenvalue weighted by atomic mass is 16.4. The van der Waals surface area contributed by atoms with Crippen molar-refractivity contribution in [2.75, 3.05) is 0 Å². The number of allylic oxidation sites excluding steroid dienone is 2. The van der Waals surface area contributed by atoms with Crippen molar-refractivity contribution in [3.63, 3.8) is 0 Å². The molecule has 3 nitrogen and oxygen atoms in total. The van der Waals surface area contributed by atoms with Crippen molar-refractivity contribution in [1.29, 1.82) is 0 Å². The van der Waals surface area contributed by atoms with Crippen molar-refractivity contribution in [1.82, 2.24) is 4.57 Å². The maximum absolute atomic E-state index is 11.3. The molecule has 0 bridgehead atoms. The van der Waals surface area contributed by atoms with Gasteiger partial charge in [0.25, 0.3) is 0 Å². The van der Waals surface area contributed by atoms with Gasteiger partial charge >= 0.3 is 5.97 Å². The molecule has 0 aliphatic carbocycles. The molecule has 0 aliphatic rings. The van der Waals surface area contributed by atoms with Crippen LogP contribution in [0, 0.1) is 0 Å². The summed E-state index contributed by atoms with van der Waals surface area (Å²) in [6.45, 7) is 4.06. The summed E-state index contributed by atoms with van der Waals surface area (Å²) in [6, 6.07) is 19.3. The zero-order chi connectivity index (χ0) is 17.1. The summed E-state index contributed by atoms with van der Waals surface area (Å²) in [5, 5.41) is 9.24. The molecule has 0 saturated heterocycles. The Bertz CT molecular complexity index is 905. The fourth-order valence-electron chi connectivity index (χ4n) is 2.71. The van der Waals surface area contributed by atoms with E-state index in [1.807, 2.05) is 35.8 Å². The monoisotopic (exact) mass is 317 g/mol. The molecule has 0 fully saturated rings. The third kappa shape index (κ3) is 3.01. The molecule has 3 heteroatoms. The van der Waals surface area contributed by atoms with Gasteiger partial charge in [-0.15, -0.1) is 0 Å². The average Bonchev–Trinajstić information content (AvgIpc) is 3.07. The van der Waals surface area contributed by atoms with Crippen molar-refractivity contribution in [3.8, 4) is 16.8 Å². The van der Waals surface area contributed by atoms with Crippen LogP contribution in [-0.4, -0.2) is 15.6 Å². The summed E-state index contributed by atoms with van der Waals surface area (Å²) in [5.41, 5.74) is 5.56. The second-order valence-electron chi connectivity index (χ2n) is 5.68. The number of benzene rings is 2. The molecule has 0 aliphatic heterocycles. The summed E-state index contributed by atoms with van der Waals surface area (Å²) >= 11 is 0. The fraction of sp³-hybridized carbons (Fsp3) is 0.0952. The van der Waals surface area contributed by atoms with Crippen LogP contribution in [0.15, 0.2) is 72.9 Å². The summed E-state index contributed by atoms with van der Waals surface area (Å²) in [4.78, 5) is 11.3. The van der Waals surface area contributed by atoms with Gasteiger partial charge in [0.2, 0.25) is 0 Å². The molecule has 0 radical (unpaired) electrons. The predicted molar refractivity (Wildman–Crippen MR) is 97.5 cm³/mol. The van der Waals surface area contributed by atoms with Gasteiger partial charge in [0.05, 0.1) is 5.56 Å². The van der Waals surface area contributed by atoms with E-state index in [1.54, 1.807) is 18.2 Å². The van der Waals surface area contributed by atoms with E-state index >= 15 is 0 Å². The molecule has 1 N–H and O–H groups in total. The normalized spacial score (nSPS) is 11.5. The third-order valence-electron chi connectivity index (χ3n) is 4.14. The molecule has 3 rings (SSSR count). The standard InChI is InChI=1S/C21H19NO2/c1-3-15(2)20-13-18(16-8-5-4-6-9-16)14-22(20)19-11-7-10-17(12-19)21(23)24/h3-14H,1-2H3,(H,23,24)/b15-3+. The van der Waals surface area contributed by atoms with Crippen LogP contribution in [0.25, 0.3) is 22.4 Å². The van der Waals surface area contributed by atoms with E-state index < -0.39 is 5.97 Å². The highest BCUT2D eigenvalue weighted by molar-refractivity contribution is 5.88. The lowest BCUT2D eigenvalue weighted by molar-refractivity contribution is 0.0697. The van der Waals surface area contributed by atoms with Gasteiger partial charge in [-0.2, -0.15) is 0 Å². The molecule has 1 aromatic heterocycles. The largest absolute Gasteiger partial charge is 0.478 e. The smallest absolute Gasteiger partial charge is 0.335 e. The summed E-state index contributed by atoms with van der Waals surface area (Å²) in [7, 11) is 0. The first-order valence-electron chi connectivity index (χ1n) is 7.85. The lowest BCUT2D eigenvalue weighted by Gasteiger charge is -2.10. The Kier molecular flexibility index (Phi) is 4.34. The minimum atomic E-state index is -0.920.